The van der Waals surface area contributed by atoms with Crippen molar-refractivity contribution in [3.05, 3.63) is 47.1 Å². The summed E-state index contributed by atoms with van der Waals surface area (Å²) in [5.41, 5.74) is 2.76. The van der Waals surface area contributed by atoms with Crippen molar-refractivity contribution in [2.75, 3.05) is 0 Å². The summed E-state index contributed by atoms with van der Waals surface area (Å²) in [5.74, 6) is 0.639. The predicted octanol–water partition coefficient (Wildman–Crippen LogP) is 5.33. The van der Waals surface area contributed by atoms with Gasteiger partial charge in [-0.15, -0.1) is 0 Å². The standard InChI is InChI=1S/C22H26O4/c1-2-3-5-10-21(23)25-18-13-11-17(12-14-18)20-15-19(22(24)26-20)16-8-6-4-7-9-16/h11-15H,2-10H2,1H3. The normalized spacial score (nSPS) is 17.1. The zero-order valence-electron chi connectivity index (χ0n) is 15.4. The molecule has 0 saturated heterocycles. The van der Waals surface area contributed by atoms with E-state index >= 15 is 0 Å². The quantitative estimate of drug-likeness (QED) is 0.300. The molecule has 1 aromatic carbocycles. The van der Waals surface area contributed by atoms with Gasteiger partial charge in [-0.25, -0.2) is 4.79 Å². The van der Waals surface area contributed by atoms with Gasteiger partial charge in [0.25, 0.3) is 0 Å². The number of hydrogen-bond donors (Lipinski definition) is 0. The number of ether oxygens (including phenoxy) is 2. The molecule has 0 N–H and O–H groups in total. The molecule has 1 aliphatic heterocycles. The molecular formula is C22H26O4. The van der Waals surface area contributed by atoms with Gasteiger partial charge < -0.3 is 9.47 Å². The lowest BCUT2D eigenvalue weighted by Crippen LogP contribution is -2.07. The molecular weight excluding hydrogens is 328 g/mol. The van der Waals surface area contributed by atoms with Crippen LogP contribution in [0.1, 0.15) is 70.3 Å². The van der Waals surface area contributed by atoms with E-state index in [1.54, 1.807) is 12.1 Å². The van der Waals surface area contributed by atoms with Crippen molar-refractivity contribution in [2.45, 2.75) is 64.7 Å². The average Bonchev–Trinajstić information content (AvgIpc) is 3.05. The molecule has 2 aliphatic rings. The predicted molar refractivity (Wildman–Crippen MR) is 100 cm³/mol. The molecule has 0 bridgehead atoms. The number of unbranched alkanes of at least 4 members (excludes halogenated alkanes) is 2. The highest BCUT2D eigenvalue weighted by Crippen LogP contribution is 2.33. The van der Waals surface area contributed by atoms with Gasteiger partial charge in [0, 0.05) is 12.0 Å². The van der Waals surface area contributed by atoms with Crippen LogP contribution in [0.25, 0.3) is 5.76 Å². The Morgan fingerprint density at radius 2 is 1.81 bits per heavy atom. The highest BCUT2D eigenvalue weighted by Gasteiger charge is 2.25. The second-order valence-electron chi connectivity index (χ2n) is 6.93. The molecule has 138 valence electrons. The maximum absolute atomic E-state index is 12.2. The Bertz CT molecular complexity index is 717. The van der Waals surface area contributed by atoms with E-state index in [0.29, 0.717) is 17.9 Å². The van der Waals surface area contributed by atoms with Crippen molar-refractivity contribution in [1.29, 1.82) is 0 Å². The molecule has 3 rings (SSSR count). The van der Waals surface area contributed by atoms with Crippen LogP contribution in [0.5, 0.6) is 5.75 Å². The minimum atomic E-state index is -0.247. The smallest absolute Gasteiger partial charge is 0.343 e. The first-order chi connectivity index (χ1) is 12.7. The van der Waals surface area contributed by atoms with Crippen LogP contribution in [0.3, 0.4) is 0 Å². The molecule has 1 aromatic rings. The molecule has 1 fully saturated rings. The molecule has 1 aliphatic carbocycles. The first kappa shape index (κ1) is 18.4. The molecule has 0 spiro atoms. The fourth-order valence-electron chi connectivity index (χ4n) is 3.40. The molecule has 0 atom stereocenters. The largest absolute Gasteiger partial charge is 0.427 e. The first-order valence-corrected chi connectivity index (χ1v) is 9.64. The van der Waals surface area contributed by atoms with Gasteiger partial charge in [0.15, 0.2) is 0 Å². The van der Waals surface area contributed by atoms with E-state index < -0.39 is 0 Å². The Hall–Kier alpha value is -2.36. The van der Waals surface area contributed by atoms with Crippen molar-refractivity contribution in [2.24, 2.45) is 0 Å². The first-order valence-electron chi connectivity index (χ1n) is 9.64. The van der Waals surface area contributed by atoms with Gasteiger partial charge in [0.1, 0.15) is 11.5 Å². The van der Waals surface area contributed by atoms with Crippen LogP contribution in [0, 0.1) is 0 Å². The summed E-state index contributed by atoms with van der Waals surface area (Å²) in [6.45, 7) is 2.10. The average molecular weight is 354 g/mol. The zero-order valence-corrected chi connectivity index (χ0v) is 15.4. The third-order valence-electron chi connectivity index (χ3n) is 4.89. The lowest BCUT2D eigenvalue weighted by molar-refractivity contribution is -0.134. The number of rotatable bonds is 6. The van der Waals surface area contributed by atoms with E-state index in [2.05, 4.69) is 6.92 Å². The Balaban J connectivity index is 1.65. The summed E-state index contributed by atoms with van der Waals surface area (Å²) in [5, 5.41) is 0. The fraction of sp³-hybridized carbons (Fsp3) is 0.455. The summed E-state index contributed by atoms with van der Waals surface area (Å²) < 4.78 is 10.8. The Labute approximate surface area is 154 Å². The van der Waals surface area contributed by atoms with Crippen LogP contribution >= 0.6 is 0 Å². The van der Waals surface area contributed by atoms with E-state index in [4.69, 9.17) is 9.47 Å². The lowest BCUT2D eigenvalue weighted by Gasteiger charge is -2.14. The summed E-state index contributed by atoms with van der Waals surface area (Å²) in [6.07, 6.45) is 10.8. The van der Waals surface area contributed by atoms with Crippen LogP contribution in [0.4, 0.5) is 0 Å². The maximum atomic E-state index is 12.2. The minimum Gasteiger partial charge on any atom is -0.427 e. The van der Waals surface area contributed by atoms with Gasteiger partial charge in [-0.05, 0) is 62.4 Å². The fourth-order valence-corrected chi connectivity index (χ4v) is 3.40. The number of hydrogen-bond acceptors (Lipinski definition) is 4. The Kier molecular flexibility index (Phi) is 6.26. The molecule has 26 heavy (non-hydrogen) atoms. The van der Waals surface area contributed by atoms with Crippen molar-refractivity contribution < 1.29 is 19.1 Å². The number of allylic oxidation sites excluding steroid dienone is 1. The number of cyclic esters (lactones) is 1. The third kappa shape index (κ3) is 4.63. The highest BCUT2D eigenvalue weighted by molar-refractivity contribution is 6.02. The van der Waals surface area contributed by atoms with Gasteiger partial charge >= 0.3 is 11.9 Å². The minimum absolute atomic E-state index is 0.206. The summed E-state index contributed by atoms with van der Waals surface area (Å²) in [7, 11) is 0. The van der Waals surface area contributed by atoms with Gasteiger partial charge in [-0.3, -0.25) is 4.79 Å². The lowest BCUT2D eigenvalue weighted by atomic mass is 9.91. The monoisotopic (exact) mass is 354 g/mol. The second kappa shape index (κ2) is 8.84. The molecule has 0 aromatic heterocycles. The summed E-state index contributed by atoms with van der Waals surface area (Å²) >= 11 is 0. The van der Waals surface area contributed by atoms with Gasteiger partial charge in [0.2, 0.25) is 0 Å². The highest BCUT2D eigenvalue weighted by atomic mass is 16.5. The molecule has 4 nitrogen and oxygen atoms in total. The van der Waals surface area contributed by atoms with Crippen LogP contribution in [0.2, 0.25) is 0 Å². The van der Waals surface area contributed by atoms with Gasteiger partial charge in [-0.1, -0.05) is 31.8 Å². The summed E-state index contributed by atoms with van der Waals surface area (Å²) in [6, 6.07) is 7.13. The van der Waals surface area contributed by atoms with Gasteiger partial charge in [0.05, 0.1) is 5.57 Å². The number of carbonyl (C=O) groups is 2. The van der Waals surface area contributed by atoms with E-state index in [0.717, 1.165) is 56.1 Å². The van der Waals surface area contributed by atoms with Crippen molar-refractivity contribution in [1.82, 2.24) is 0 Å². The van der Waals surface area contributed by atoms with Crippen molar-refractivity contribution >= 4 is 17.7 Å². The Morgan fingerprint density at radius 3 is 2.50 bits per heavy atom. The zero-order chi connectivity index (χ0) is 18.4. The molecule has 0 radical (unpaired) electrons. The summed E-state index contributed by atoms with van der Waals surface area (Å²) in [4.78, 5) is 24.0. The van der Waals surface area contributed by atoms with Crippen molar-refractivity contribution in [3.63, 3.8) is 0 Å². The number of carbonyl (C=O) groups excluding carboxylic acids is 2. The van der Waals surface area contributed by atoms with Crippen LogP contribution in [-0.2, 0) is 14.3 Å². The maximum Gasteiger partial charge on any atom is 0.343 e. The molecule has 0 amide bonds. The van der Waals surface area contributed by atoms with Crippen LogP contribution < -0.4 is 4.74 Å². The topological polar surface area (TPSA) is 52.6 Å². The van der Waals surface area contributed by atoms with E-state index in [1.807, 2.05) is 18.2 Å². The molecule has 1 heterocycles. The SMILES string of the molecule is CCCCCC(=O)Oc1ccc(C2=CC(=C3CCCCC3)C(=O)O2)cc1. The molecule has 1 saturated carbocycles. The van der Waals surface area contributed by atoms with Crippen molar-refractivity contribution in [3.8, 4) is 5.75 Å². The van der Waals surface area contributed by atoms with Gasteiger partial charge in [-0.2, -0.15) is 0 Å². The van der Waals surface area contributed by atoms with E-state index in [9.17, 15) is 9.59 Å². The van der Waals surface area contributed by atoms with E-state index in [1.165, 1.54) is 12.0 Å². The second-order valence-corrected chi connectivity index (χ2v) is 6.93. The van der Waals surface area contributed by atoms with Crippen LogP contribution in [-0.4, -0.2) is 11.9 Å². The third-order valence-corrected chi connectivity index (χ3v) is 4.89. The van der Waals surface area contributed by atoms with E-state index in [-0.39, 0.29) is 11.9 Å². The number of benzene rings is 1. The number of esters is 2. The molecule has 0 unspecified atom stereocenters. The Morgan fingerprint density at radius 1 is 1.08 bits per heavy atom. The molecule has 4 heteroatoms. The van der Waals surface area contributed by atoms with Crippen LogP contribution in [0.15, 0.2) is 41.5 Å².